The fraction of sp³-hybridized carbons (Fsp3) is 0.394. The van der Waals surface area contributed by atoms with Crippen LogP contribution in [0.1, 0.15) is 59.4 Å². The quantitative estimate of drug-likeness (QED) is 0.0931. The molecular formula is C33H43Cl2I3N6O3. The highest BCUT2D eigenvalue weighted by Crippen LogP contribution is 2.20. The minimum absolute atomic E-state index is 0. The maximum atomic E-state index is 11.5. The van der Waals surface area contributed by atoms with Crippen molar-refractivity contribution in [1.82, 2.24) is 30.6 Å². The van der Waals surface area contributed by atoms with E-state index in [0.29, 0.717) is 36.0 Å². The molecule has 0 saturated heterocycles. The maximum absolute atomic E-state index is 11.5. The fourth-order valence-electron chi connectivity index (χ4n) is 3.75. The molecule has 4 rings (SSSR count). The van der Waals surface area contributed by atoms with Crippen molar-refractivity contribution in [3.05, 3.63) is 82.4 Å². The molecule has 0 unspecified atom stereocenters. The number of alkyl halides is 3. The number of halogens is 5. The van der Waals surface area contributed by atoms with Crippen molar-refractivity contribution >= 4 is 103 Å². The van der Waals surface area contributed by atoms with E-state index in [1.165, 1.54) is 0 Å². The molecule has 0 fully saturated rings. The summed E-state index contributed by atoms with van der Waals surface area (Å²) in [6.45, 7) is 8.60. The number of benzene rings is 2. The summed E-state index contributed by atoms with van der Waals surface area (Å²) in [6.07, 6.45) is 6.01. The number of imidazole rings is 2. The standard InChI is InChI=1S/C16H20ClN3O2.C15H18ClN3O.CHI3.CH4/c1-16(2,3)22-15(21)18-9-8-13-10-19-14(20-13)11-4-6-12(17)7-5-11;1-2-3-14(20)17-9-8-13-10-18-15(19-13)11-4-6-12(16)7-5-11;2-1(3)4;/h4-7,10H,8-9H2,1-3H3,(H,18,21)(H,19,20);4-7,10H,2-3,8-9H2,1H3,(H,17,20)(H,18,19);1H;1H4. The van der Waals surface area contributed by atoms with Gasteiger partial charge in [-0.05, 0) is 75.7 Å². The number of nitrogens with one attached hydrogen (secondary N) is 4. The van der Waals surface area contributed by atoms with Gasteiger partial charge in [-0.1, -0.05) is 105 Å². The summed E-state index contributed by atoms with van der Waals surface area (Å²) in [4.78, 5) is 38.0. The highest BCUT2D eigenvalue weighted by molar-refractivity contribution is 14.3. The van der Waals surface area contributed by atoms with E-state index in [9.17, 15) is 9.59 Å². The number of hydrogen-bond acceptors (Lipinski definition) is 5. The second kappa shape index (κ2) is 22.9. The number of alkyl carbamates (subject to hydrolysis) is 1. The Morgan fingerprint density at radius 2 is 1.21 bits per heavy atom. The molecule has 0 aliphatic rings. The third-order valence-corrected chi connectivity index (χ3v) is 6.25. The van der Waals surface area contributed by atoms with Gasteiger partial charge >= 0.3 is 6.09 Å². The zero-order valence-corrected chi connectivity index (χ0v) is 34.1. The SMILES string of the molecule is C.CC(C)(C)OC(=O)NCCc1cnc(-c2ccc(Cl)cc2)[nH]1.CCCC(=O)NCCc1cnc(-c2ccc(Cl)cc2)[nH]1.IC(I)I. The Labute approximate surface area is 329 Å². The summed E-state index contributed by atoms with van der Waals surface area (Å²) >= 11 is 18.7. The Morgan fingerprint density at radius 1 is 0.809 bits per heavy atom. The van der Waals surface area contributed by atoms with Gasteiger partial charge in [0, 0.05) is 77.3 Å². The normalized spacial score (nSPS) is 10.5. The minimum Gasteiger partial charge on any atom is -0.444 e. The van der Waals surface area contributed by atoms with Gasteiger partial charge in [-0.25, -0.2) is 14.8 Å². The van der Waals surface area contributed by atoms with Crippen LogP contribution < -0.4 is 10.6 Å². The second-order valence-corrected chi connectivity index (χ2v) is 22.6. The van der Waals surface area contributed by atoms with Crippen molar-refractivity contribution in [2.75, 3.05) is 13.1 Å². The summed E-state index contributed by atoms with van der Waals surface area (Å²) in [7, 11) is 0. The van der Waals surface area contributed by atoms with Crippen molar-refractivity contribution in [3.8, 4) is 22.8 Å². The van der Waals surface area contributed by atoms with E-state index in [4.69, 9.17) is 27.9 Å². The van der Waals surface area contributed by atoms with Crippen molar-refractivity contribution < 1.29 is 14.3 Å². The number of nitrogens with zero attached hydrogens (tertiary/aromatic N) is 2. The van der Waals surface area contributed by atoms with E-state index in [1.807, 2.05) is 76.2 Å². The highest BCUT2D eigenvalue weighted by Gasteiger charge is 2.15. The van der Waals surface area contributed by atoms with Gasteiger partial charge in [0.2, 0.25) is 5.91 Å². The Morgan fingerprint density at radius 3 is 1.60 bits per heavy atom. The molecule has 0 radical (unpaired) electrons. The molecule has 9 nitrogen and oxygen atoms in total. The van der Waals surface area contributed by atoms with Gasteiger partial charge in [0.25, 0.3) is 0 Å². The third kappa shape index (κ3) is 19.2. The van der Waals surface area contributed by atoms with Crippen molar-refractivity contribution in [2.24, 2.45) is 0 Å². The van der Waals surface area contributed by atoms with Crippen LogP contribution in [0.3, 0.4) is 0 Å². The number of aromatic amines is 2. The van der Waals surface area contributed by atoms with E-state index in [2.05, 4.69) is 98.3 Å². The van der Waals surface area contributed by atoms with Crippen LogP contribution in [0.25, 0.3) is 22.8 Å². The number of ether oxygens (including phenoxy) is 1. The van der Waals surface area contributed by atoms with Gasteiger partial charge in [-0.3, -0.25) is 4.79 Å². The maximum Gasteiger partial charge on any atom is 0.407 e. The summed E-state index contributed by atoms with van der Waals surface area (Å²) in [5, 5.41) is 7.00. The lowest BCUT2D eigenvalue weighted by molar-refractivity contribution is -0.121. The molecule has 258 valence electrons. The number of rotatable bonds is 10. The summed E-state index contributed by atoms with van der Waals surface area (Å²) < 4.78 is 5.92. The largest absolute Gasteiger partial charge is 0.444 e. The van der Waals surface area contributed by atoms with Crippen LogP contribution in [0.15, 0.2) is 60.9 Å². The number of H-pyrrole nitrogens is 2. The molecule has 4 N–H and O–H groups in total. The minimum atomic E-state index is -0.486. The predicted molar refractivity (Wildman–Crippen MR) is 220 cm³/mol. The lowest BCUT2D eigenvalue weighted by atomic mass is 10.2. The van der Waals surface area contributed by atoms with Crippen molar-refractivity contribution in [1.29, 1.82) is 0 Å². The molecule has 14 heteroatoms. The zero-order chi connectivity index (χ0) is 34.1. The van der Waals surface area contributed by atoms with E-state index in [-0.39, 0.29) is 13.3 Å². The zero-order valence-electron chi connectivity index (χ0n) is 26.1. The number of amides is 2. The van der Waals surface area contributed by atoms with Crippen LogP contribution in [0.4, 0.5) is 4.79 Å². The third-order valence-electron chi connectivity index (χ3n) is 5.75. The summed E-state index contributed by atoms with van der Waals surface area (Å²) in [5.41, 5.74) is 3.43. The van der Waals surface area contributed by atoms with Gasteiger partial charge in [0.05, 0.1) is 0 Å². The van der Waals surface area contributed by atoms with Gasteiger partial charge < -0.3 is 25.3 Å². The molecule has 0 bridgehead atoms. The summed E-state index contributed by atoms with van der Waals surface area (Å²) in [5.74, 6) is 1.70. The van der Waals surface area contributed by atoms with Crippen LogP contribution in [0.5, 0.6) is 0 Å². The van der Waals surface area contributed by atoms with E-state index in [0.717, 1.165) is 46.9 Å². The van der Waals surface area contributed by atoms with Gasteiger partial charge in [-0.2, -0.15) is 0 Å². The summed E-state index contributed by atoms with van der Waals surface area (Å²) in [6, 6.07) is 15.0. The molecule has 0 aliphatic heterocycles. The Balaban J connectivity index is 0.000000415. The fourth-order valence-corrected chi connectivity index (χ4v) is 4.00. The molecule has 0 spiro atoms. The number of carbonyl (C=O) groups excluding carboxylic acids is 2. The smallest absolute Gasteiger partial charge is 0.407 e. The lowest BCUT2D eigenvalue weighted by Gasteiger charge is -2.19. The van der Waals surface area contributed by atoms with Crippen LogP contribution >= 0.6 is 91.0 Å². The molecule has 2 aromatic carbocycles. The molecule has 0 atom stereocenters. The number of hydrogen-bond donors (Lipinski definition) is 4. The average Bonchev–Trinajstić information content (AvgIpc) is 3.64. The molecule has 2 aromatic heterocycles. The first-order valence-electron chi connectivity index (χ1n) is 14.5. The first kappa shape index (κ1) is 43.4. The van der Waals surface area contributed by atoms with Gasteiger partial charge in [0.15, 0.2) is 0 Å². The van der Waals surface area contributed by atoms with Crippen molar-refractivity contribution in [3.63, 3.8) is 0 Å². The number of carbonyl (C=O) groups is 2. The van der Waals surface area contributed by atoms with Crippen LogP contribution in [0, 0.1) is 0 Å². The highest BCUT2D eigenvalue weighted by atomic mass is 127. The first-order chi connectivity index (χ1) is 21.8. The molecule has 4 aromatic rings. The van der Waals surface area contributed by atoms with E-state index in [1.54, 1.807) is 12.4 Å². The topological polar surface area (TPSA) is 125 Å². The Hall–Kier alpha value is -1.63. The van der Waals surface area contributed by atoms with Gasteiger partial charge in [-0.15, -0.1) is 0 Å². The molecule has 0 saturated carbocycles. The molecule has 2 heterocycles. The molecule has 2 amide bonds. The predicted octanol–water partition coefficient (Wildman–Crippen LogP) is 10.2. The Bertz CT molecular complexity index is 1470. The molecular weight excluding hydrogens is 980 g/mol. The Kier molecular flexibility index (Phi) is 21.1. The second-order valence-electron chi connectivity index (χ2n) is 10.8. The average molecular weight is 1020 g/mol. The van der Waals surface area contributed by atoms with E-state index >= 15 is 0 Å². The lowest BCUT2D eigenvalue weighted by Crippen LogP contribution is -2.33. The van der Waals surface area contributed by atoms with Crippen molar-refractivity contribution in [2.45, 2.75) is 66.3 Å². The van der Waals surface area contributed by atoms with Gasteiger partial charge in [0.1, 0.15) is 17.2 Å². The number of aromatic nitrogens is 4. The van der Waals surface area contributed by atoms with E-state index < -0.39 is 11.7 Å². The van der Waals surface area contributed by atoms with Crippen LogP contribution in [-0.2, 0) is 22.4 Å². The molecule has 47 heavy (non-hydrogen) atoms. The molecule has 0 aliphatic carbocycles. The first-order valence-corrected chi connectivity index (χ1v) is 19.0. The monoisotopic (exact) mass is 1020 g/mol. The van der Waals surface area contributed by atoms with Crippen LogP contribution in [0.2, 0.25) is 10.0 Å². The van der Waals surface area contributed by atoms with Crippen LogP contribution in [-0.4, -0.2) is 50.6 Å².